The van der Waals surface area contributed by atoms with Crippen LogP contribution in [0.2, 0.25) is 0 Å². The topological polar surface area (TPSA) is 0 Å². The molecule has 222 valence electrons. The van der Waals surface area contributed by atoms with Gasteiger partial charge in [-0.25, -0.2) is 0 Å². The van der Waals surface area contributed by atoms with Crippen LogP contribution in [0.1, 0.15) is 120 Å². The van der Waals surface area contributed by atoms with Gasteiger partial charge in [0.15, 0.2) is 0 Å². The first kappa shape index (κ1) is 32.9. The van der Waals surface area contributed by atoms with Crippen molar-refractivity contribution < 1.29 is 4.48 Å². The van der Waals surface area contributed by atoms with Crippen LogP contribution in [0.5, 0.6) is 0 Å². The highest BCUT2D eigenvalue weighted by Gasteiger charge is 2.28. The van der Waals surface area contributed by atoms with Crippen molar-refractivity contribution in [1.29, 1.82) is 0 Å². The summed E-state index contributed by atoms with van der Waals surface area (Å²) >= 11 is 0. The molecule has 1 heteroatoms. The number of hydrogen-bond donors (Lipinski definition) is 0. The van der Waals surface area contributed by atoms with E-state index < -0.39 is 0 Å². The van der Waals surface area contributed by atoms with Gasteiger partial charge in [-0.1, -0.05) is 174 Å². The summed E-state index contributed by atoms with van der Waals surface area (Å²) < 4.78 is 1.09. The van der Waals surface area contributed by atoms with E-state index in [0.717, 1.165) is 24.1 Å². The normalized spacial score (nSPS) is 11.8. The average molecular weight is 553 g/mol. The first-order valence-corrected chi connectivity index (χ1v) is 16.9. The van der Waals surface area contributed by atoms with Gasteiger partial charge in [-0.3, -0.25) is 0 Å². The SMILES string of the molecule is CCC/C=C/CCCCCCCCCCCCCC[N+](Cc1ccccc1)(Cc1ccccc1)Cc1ccccc1. The Labute approximate surface area is 253 Å². The van der Waals surface area contributed by atoms with E-state index in [-0.39, 0.29) is 0 Å². The summed E-state index contributed by atoms with van der Waals surface area (Å²) in [5.74, 6) is 0. The largest absolute Gasteiger partial charge is 0.312 e. The molecule has 0 spiro atoms. The lowest BCUT2D eigenvalue weighted by Crippen LogP contribution is -2.46. The molecular weight excluding hydrogens is 494 g/mol. The third kappa shape index (κ3) is 14.7. The Balaban J connectivity index is 1.40. The minimum Gasteiger partial charge on any atom is -0.312 e. The van der Waals surface area contributed by atoms with Gasteiger partial charge in [-0.05, 0) is 32.1 Å². The lowest BCUT2D eigenvalue weighted by Gasteiger charge is -2.39. The molecule has 0 radical (unpaired) electrons. The van der Waals surface area contributed by atoms with Gasteiger partial charge in [0.05, 0.1) is 6.54 Å². The molecule has 0 atom stereocenters. The molecular formula is C40H58N+. The fourth-order valence-electron chi connectivity index (χ4n) is 6.20. The molecule has 0 fully saturated rings. The highest BCUT2D eigenvalue weighted by atomic mass is 15.3. The summed E-state index contributed by atoms with van der Waals surface area (Å²) in [5, 5.41) is 0. The number of nitrogens with zero attached hydrogens (tertiary/aromatic N) is 1. The molecule has 0 aromatic heterocycles. The van der Waals surface area contributed by atoms with Gasteiger partial charge >= 0.3 is 0 Å². The second-order valence-electron chi connectivity index (χ2n) is 12.3. The molecule has 0 heterocycles. The Morgan fingerprint density at radius 2 is 0.756 bits per heavy atom. The van der Waals surface area contributed by atoms with Crippen molar-refractivity contribution in [3.8, 4) is 0 Å². The van der Waals surface area contributed by atoms with E-state index in [2.05, 4.69) is 110 Å². The molecule has 0 saturated heterocycles. The number of quaternary nitrogens is 1. The van der Waals surface area contributed by atoms with E-state index in [9.17, 15) is 0 Å². The van der Waals surface area contributed by atoms with Crippen LogP contribution in [0.15, 0.2) is 103 Å². The van der Waals surface area contributed by atoms with Crippen molar-refractivity contribution in [2.24, 2.45) is 0 Å². The predicted molar refractivity (Wildman–Crippen MR) is 180 cm³/mol. The van der Waals surface area contributed by atoms with Crippen molar-refractivity contribution in [2.75, 3.05) is 6.54 Å². The Bertz CT molecular complexity index is 923. The quantitative estimate of drug-likeness (QED) is 0.0623. The number of allylic oxidation sites excluding steroid dienone is 2. The lowest BCUT2D eigenvalue weighted by atomic mass is 10.0. The maximum Gasteiger partial charge on any atom is 0.105 e. The maximum atomic E-state index is 2.39. The van der Waals surface area contributed by atoms with Crippen LogP contribution in [0, 0.1) is 0 Å². The van der Waals surface area contributed by atoms with Gasteiger partial charge in [0.2, 0.25) is 0 Å². The van der Waals surface area contributed by atoms with Gasteiger partial charge in [0, 0.05) is 16.7 Å². The molecule has 3 aromatic carbocycles. The second kappa shape index (κ2) is 21.1. The van der Waals surface area contributed by atoms with Gasteiger partial charge < -0.3 is 4.48 Å². The summed E-state index contributed by atoms with van der Waals surface area (Å²) in [7, 11) is 0. The van der Waals surface area contributed by atoms with E-state index in [1.54, 1.807) is 0 Å². The van der Waals surface area contributed by atoms with E-state index in [0.29, 0.717) is 0 Å². The fraction of sp³-hybridized carbons (Fsp3) is 0.500. The molecule has 0 aliphatic rings. The van der Waals surface area contributed by atoms with Crippen LogP contribution in [-0.2, 0) is 19.6 Å². The lowest BCUT2D eigenvalue weighted by molar-refractivity contribution is -0.966. The van der Waals surface area contributed by atoms with Crippen LogP contribution in [0.4, 0.5) is 0 Å². The van der Waals surface area contributed by atoms with E-state index in [1.165, 1.54) is 120 Å². The fourth-order valence-corrected chi connectivity index (χ4v) is 6.20. The molecule has 41 heavy (non-hydrogen) atoms. The van der Waals surface area contributed by atoms with Crippen molar-refractivity contribution in [3.05, 3.63) is 120 Å². The van der Waals surface area contributed by atoms with Gasteiger partial charge in [-0.15, -0.1) is 0 Å². The smallest absolute Gasteiger partial charge is 0.105 e. The molecule has 0 N–H and O–H groups in total. The van der Waals surface area contributed by atoms with Crippen molar-refractivity contribution in [1.82, 2.24) is 0 Å². The summed E-state index contributed by atoms with van der Waals surface area (Å²) in [6, 6.07) is 33.5. The second-order valence-corrected chi connectivity index (χ2v) is 12.3. The highest BCUT2D eigenvalue weighted by molar-refractivity contribution is 5.17. The first-order valence-electron chi connectivity index (χ1n) is 16.9. The van der Waals surface area contributed by atoms with Crippen LogP contribution in [0.3, 0.4) is 0 Å². The van der Waals surface area contributed by atoms with Crippen LogP contribution in [-0.4, -0.2) is 11.0 Å². The molecule has 0 amide bonds. The zero-order chi connectivity index (χ0) is 28.7. The monoisotopic (exact) mass is 552 g/mol. The van der Waals surface area contributed by atoms with E-state index in [4.69, 9.17) is 0 Å². The molecule has 0 aliphatic carbocycles. The molecule has 0 unspecified atom stereocenters. The molecule has 0 aliphatic heterocycles. The van der Waals surface area contributed by atoms with Crippen LogP contribution >= 0.6 is 0 Å². The zero-order valence-electron chi connectivity index (χ0n) is 26.2. The van der Waals surface area contributed by atoms with E-state index >= 15 is 0 Å². The molecule has 1 nitrogen and oxygen atoms in total. The van der Waals surface area contributed by atoms with Gasteiger partial charge in [0.1, 0.15) is 19.6 Å². The number of hydrogen-bond acceptors (Lipinski definition) is 0. The Kier molecular flexibility index (Phi) is 16.9. The Hall–Kier alpha value is -2.64. The number of unbranched alkanes of at least 4 members (excludes halogenated alkanes) is 13. The number of rotatable bonds is 23. The van der Waals surface area contributed by atoms with Crippen molar-refractivity contribution >= 4 is 0 Å². The zero-order valence-corrected chi connectivity index (χ0v) is 26.2. The molecule has 3 aromatic rings. The summed E-state index contributed by atoms with van der Waals surface area (Å²) in [5.41, 5.74) is 4.34. The minimum atomic E-state index is 1.08. The van der Waals surface area contributed by atoms with Gasteiger partial charge in [-0.2, -0.15) is 0 Å². The average Bonchev–Trinajstić information content (AvgIpc) is 3.00. The van der Waals surface area contributed by atoms with Crippen molar-refractivity contribution in [2.45, 2.75) is 123 Å². The van der Waals surface area contributed by atoms with Crippen LogP contribution in [0.25, 0.3) is 0 Å². The third-order valence-electron chi connectivity index (χ3n) is 8.46. The Morgan fingerprint density at radius 1 is 0.415 bits per heavy atom. The summed E-state index contributed by atoms with van der Waals surface area (Å²) in [6.45, 7) is 6.73. The minimum absolute atomic E-state index is 1.08. The predicted octanol–water partition coefficient (Wildman–Crippen LogP) is 11.8. The van der Waals surface area contributed by atoms with E-state index in [1.807, 2.05) is 0 Å². The summed E-state index contributed by atoms with van der Waals surface area (Å²) in [6.07, 6.45) is 25.3. The highest BCUT2D eigenvalue weighted by Crippen LogP contribution is 2.26. The molecule has 0 bridgehead atoms. The van der Waals surface area contributed by atoms with Crippen molar-refractivity contribution in [3.63, 3.8) is 0 Å². The maximum absolute atomic E-state index is 2.39. The standard InChI is InChI=1S/C40H58N/c1-2-3-4-5-6-7-8-9-10-11-12-13-14-15-16-17-27-34-41(35-38-28-21-18-22-29-38,36-39-30-23-19-24-31-39)37-40-32-25-20-26-33-40/h4-5,18-26,28-33H,2-3,6-17,27,34-37H2,1H3/q+1/b5-4+. The van der Waals surface area contributed by atoms with Gasteiger partial charge in [0.25, 0.3) is 0 Å². The Morgan fingerprint density at radius 3 is 1.15 bits per heavy atom. The van der Waals surface area contributed by atoms with Crippen LogP contribution < -0.4 is 0 Å². The molecule has 0 saturated carbocycles. The first-order chi connectivity index (χ1) is 20.3. The summed E-state index contributed by atoms with van der Waals surface area (Å²) in [4.78, 5) is 0. The third-order valence-corrected chi connectivity index (χ3v) is 8.46. The molecule has 3 rings (SSSR count). The number of benzene rings is 3.